The first kappa shape index (κ1) is 12.5. The van der Waals surface area contributed by atoms with Crippen molar-refractivity contribution >= 4 is 45.3 Å². The van der Waals surface area contributed by atoms with E-state index in [0.29, 0.717) is 5.70 Å². The van der Waals surface area contributed by atoms with Gasteiger partial charge in [0.15, 0.2) is 0 Å². The fourth-order valence-electron chi connectivity index (χ4n) is 1.93. The topological polar surface area (TPSA) is 54.0 Å². The zero-order chi connectivity index (χ0) is 13.2. The van der Waals surface area contributed by atoms with Crippen LogP contribution in [0.5, 0.6) is 0 Å². The molecule has 3 rings (SSSR count). The number of nitrogens with zero attached hydrogens (tertiary/aromatic N) is 1. The predicted octanol–water partition coefficient (Wildman–Crippen LogP) is 2.39. The average molecular weight is 291 g/mol. The Labute approximate surface area is 119 Å². The number of carbonyl (C=O) groups excluding carboxylic acids is 1. The Balaban J connectivity index is 1.86. The summed E-state index contributed by atoms with van der Waals surface area (Å²) in [6.07, 6.45) is 1.88. The number of nitrogens with one attached hydrogen (secondary N) is 2. The summed E-state index contributed by atoms with van der Waals surface area (Å²) in [4.78, 5) is 16.1. The lowest BCUT2D eigenvalue weighted by Crippen LogP contribution is -2.28. The van der Waals surface area contributed by atoms with E-state index in [-0.39, 0.29) is 11.4 Å². The maximum atomic E-state index is 11.8. The van der Waals surface area contributed by atoms with Crippen LogP contribution in [0, 0.1) is 0 Å². The van der Waals surface area contributed by atoms with Gasteiger partial charge in [-0.3, -0.25) is 4.79 Å². The van der Waals surface area contributed by atoms with Crippen LogP contribution in [0.4, 0.5) is 0 Å². The molecule has 0 aliphatic carbocycles. The predicted molar refractivity (Wildman–Crippen MR) is 80.8 cm³/mol. The zero-order valence-electron chi connectivity index (χ0n) is 10.3. The average Bonchev–Trinajstić information content (AvgIpc) is 2.97. The summed E-state index contributed by atoms with van der Waals surface area (Å²) in [5, 5.41) is 6.08. The molecule has 1 unspecified atom stereocenters. The Hall–Kier alpha value is -1.53. The first-order chi connectivity index (χ1) is 9.26. The summed E-state index contributed by atoms with van der Waals surface area (Å²) in [5.74, 6) is 0.910. The van der Waals surface area contributed by atoms with Crippen molar-refractivity contribution in [1.82, 2.24) is 15.6 Å². The quantitative estimate of drug-likeness (QED) is 0.853. The molecule has 98 valence electrons. The maximum Gasteiger partial charge on any atom is 0.269 e. The molecule has 6 heteroatoms. The summed E-state index contributed by atoms with van der Waals surface area (Å²) < 4.78 is 1.13. The van der Waals surface area contributed by atoms with Gasteiger partial charge in [0.1, 0.15) is 11.2 Å². The monoisotopic (exact) mass is 291 g/mol. The molecule has 0 bridgehead atoms. The van der Waals surface area contributed by atoms with Gasteiger partial charge in [-0.1, -0.05) is 13.0 Å². The van der Waals surface area contributed by atoms with Crippen molar-refractivity contribution in [2.75, 3.05) is 5.75 Å². The van der Waals surface area contributed by atoms with Gasteiger partial charge in [0.05, 0.1) is 15.7 Å². The molecule has 1 aromatic heterocycles. The van der Waals surface area contributed by atoms with E-state index in [1.54, 1.807) is 23.1 Å². The third-order valence-corrected chi connectivity index (χ3v) is 4.49. The van der Waals surface area contributed by atoms with E-state index < -0.39 is 0 Å². The SMILES string of the molecule is CCSC1NC(=O)/C(=C/c2ccc3ncsc3c2)N1. The molecule has 2 heterocycles. The molecule has 1 aliphatic rings. The number of aromatic nitrogens is 1. The molecule has 1 aliphatic heterocycles. The van der Waals surface area contributed by atoms with Crippen molar-refractivity contribution in [3.05, 3.63) is 35.0 Å². The lowest BCUT2D eigenvalue weighted by atomic mass is 10.2. The highest BCUT2D eigenvalue weighted by Gasteiger charge is 2.24. The van der Waals surface area contributed by atoms with Gasteiger partial charge >= 0.3 is 0 Å². The van der Waals surface area contributed by atoms with E-state index in [9.17, 15) is 4.79 Å². The molecule has 0 saturated carbocycles. The Bertz CT molecular complexity index is 650. The molecule has 4 nitrogen and oxygen atoms in total. The van der Waals surface area contributed by atoms with E-state index in [1.807, 2.05) is 23.7 Å². The van der Waals surface area contributed by atoms with E-state index >= 15 is 0 Å². The lowest BCUT2D eigenvalue weighted by Gasteiger charge is -2.07. The van der Waals surface area contributed by atoms with Crippen molar-refractivity contribution in [2.24, 2.45) is 0 Å². The number of rotatable bonds is 3. The number of hydrogen-bond acceptors (Lipinski definition) is 5. The molecular weight excluding hydrogens is 278 g/mol. The van der Waals surface area contributed by atoms with Crippen LogP contribution in [0.2, 0.25) is 0 Å². The van der Waals surface area contributed by atoms with Crippen LogP contribution in [0.25, 0.3) is 16.3 Å². The van der Waals surface area contributed by atoms with Crippen molar-refractivity contribution in [2.45, 2.75) is 12.4 Å². The van der Waals surface area contributed by atoms with E-state index in [2.05, 4.69) is 28.6 Å². The second-order valence-corrected chi connectivity index (χ2v) is 6.36. The van der Waals surface area contributed by atoms with Crippen LogP contribution in [-0.2, 0) is 4.79 Å². The molecule has 2 aromatic rings. The Morgan fingerprint density at radius 2 is 2.37 bits per heavy atom. The molecule has 1 fully saturated rings. The molecule has 1 aromatic carbocycles. The summed E-state index contributed by atoms with van der Waals surface area (Å²) in [5.41, 5.74) is 4.44. The number of thiazole rings is 1. The number of fused-ring (bicyclic) bond motifs is 1. The summed E-state index contributed by atoms with van der Waals surface area (Å²) in [7, 11) is 0. The van der Waals surface area contributed by atoms with E-state index in [4.69, 9.17) is 0 Å². The van der Waals surface area contributed by atoms with Crippen molar-refractivity contribution in [1.29, 1.82) is 0 Å². The Morgan fingerprint density at radius 1 is 1.47 bits per heavy atom. The number of thioether (sulfide) groups is 1. The highest BCUT2D eigenvalue weighted by Crippen LogP contribution is 2.21. The second kappa shape index (κ2) is 5.22. The maximum absolute atomic E-state index is 11.8. The third-order valence-electron chi connectivity index (χ3n) is 2.79. The van der Waals surface area contributed by atoms with Gasteiger partial charge in [0.2, 0.25) is 0 Å². The lowest BCUT2D eigenvalue weighted by molar-refractivity contribution is -0.116. The van der Waals surface area contributed by atoms with Gasteiger partial charge in [-0.15, -0.1) is 23.1 Å². The van der Waals surface area contributed by atoms with E-state index in [1.165, 1.54) is 0 Å². The molecule has 1 atom stereocenters. The molecule has 0 spiro atoms. The zero-order valence-corrected chi connectivity index (χ0v) is 12.0. The highest BCUT2D eigenvalue weighted by atomic mass is 32.2. The standard InChI is InChI=1S/C13H13N3OS2/c1-2-18-13-15-10(12(17)16-13)5-8-3-4-9-11(6-8)19-7-14-9/h3-7,13,15H,2H2,1H3,(H,16,17)/b10-5-. The molecule has 19 heavy (non-hydrogen) atoms. The van der Waals surface area contributed by atoms with Gasteiger partial charge in [-0.05, 0) is 29.5 Å². The van der Waals surface area contributed by atoms with Crippen molar-refractivity contribution in [3.63, 3.8) is 0 Å². The molecule has 0 radical (unpaired) electrons. The first-order valence-electron chi connectivity index (χ1n) is 6.00. The van der Waals surface area contributed by atoms with Gasteiger partial charge in [-0.2, -0.15) is 0 Å². The molecule has 2 N–H and O–H groups in total. The minimum atomic E-state index is -0.0460. The highest BCUT2D eigenvalue weighted by molar-refractivity contribution is 7.99. The minimum Gasteiger partial charge on any atom is -0.352 e. The van der Waals surface area contributed by atoms with Crippen LogP contribution < -0.4 is 10.6 Å². The van der Waals surface area contributed by atoms with E-state index in [0.717, 1.165) is 21.5 Å². The van der Waals surface area contributed by atoms with Crippen molar-refractivity contribution in [3.8, 4) is 0 Å². The first-order valence-corrected chi connectivity index (χ1v) is 7.93. The van der Waals surface area contributed by atoms with Crippen LogP contribution in [0.1, 0.15) is 12.5 Å². The fourth-order valence-corrected chi connectivity index (χ4v) is 3.38. The smallest absolute Gasteiger partial charge is 0.269 e. The molecule has 1 amide bonds. The number of amides is 1. The minimum absolute atomic E-state index is 0.0177. The molecular formula is C13H13N3OS2. The number of carbonyl (C=O) groups is 1. The van der Waals surface area contributed by atoms with Crippen LogP contribution in [0.3, 0.4) is 0 Å². The Morgan fingerprint density at radius 3 is 3.21 bits per heavy atom. The van der Waals surface area contributed by atoms with Gasteiger partial charge in [0, 0.05) is 0 Å². The second-order valence-electron chi connectivity index (χ2n) is 4.09. The van der Waals surface area contributed by atoms with Crippen LogP contribution in [0.15, 0.2) is 29.4 Å². The fraction of sp³-hybridized carbons (Fsp3) is 0.231. The normalized spacial score (nSPS) is 20.8. The number of benzene rings is 1. The van der Waals surface area contributed by atoms with Gasteiger partial charge < -0.3 is 10.6 Å². The van der Waals surface area contributed by atoms with Gasteiger partial charge in [0.25, 0.3) is 5.91 Å². The third kappa shape index (κ3) is 2.59. The van der Waals surface area contributed by atoms with Crippen LogP contribution >= 0.6 is 23.1 Å². The largest absolute Gasteiger partial charge is 0.352 e. The van der Waals surface area contributed by atoms with Crippen LogP contribution in [-0.4, -0.2) is 22.1 Å². The molecule has 1 saturated heterocycles. The summed E-state index contributed by atoms with van der Waals surface area (Å²) in [6, 6.07) is 6.00. The Kier molecular flexibility index (Phi) is 3.44. The van der Waals surface area contributed by atoms with Gasteiger partial charge in [-0.25, -0.2) is 4.98 Å². The van der Waals surface area contributed by atoms with Crippen molar-refractivity contribution < 1.29 is 4.79 Å². The summed E-state index contributed by atoms with van der Waals surface area (Å²) in [6.45, 7) is 2.07. The summed E-state index contributed by atoms with van der Waals surface area (Å²) >= 11 is 3.27. The number of hydrogen-bond donors (Lipinski definition) is 2.